The summed E-state index contributed by atoms with van der Waals surface area (Å²) < 4.78 is 5.29. The molecule has 0 aliphatic carbocycles. The average molecular weight is 305 g/mol. The Hall–Kier alpha value is -1.29. The van der Waals surface area contributed by atoms with Crippen LogP contribution < -0.4 is 5.63 Å². The number of hydrogen-bond acceptors (Lipinski definition) is 4. The summed E-state index contributed by atoms with van der Waals surface area (Å²) in [4.78, 5) is 16.4. The number of thioether (sulfide) groups is 1. The molecule has 1 aromatic carbocycles. The second kappa shape index (κ2) is 8.23. The van der Waals surface area contributed by atoms with Gasteiger partial charge in [0.15, 0.2) is 0 Å². The minimum atomic E-state index is -0.283. The quantitative estimate of drug-likeness (QED) is 0.511. The van der Waals surface area contributed by atoms with Crippen molar-refractivity contribution >= 4 is 22.7 Å². The summed E-state index contributed by atoms with van der Waals surface area (Å²) in [6, 6.07) is 5.60. The first-order valence-corrected chi connectivity index (χ1v) is 8.74. The maximum Gasteiger partial charge on any atom is 0.347 e. The molecule has 1 heterocycles. The fourth-order valence-corrected chi connectivity index (χ4v) is 3.14. The molecule has 0 aliphatic rings. The number of aryl methyl sites for hydroxylation is 1. The van der Waals surface area contributed by atoms with Gasteiger partial charge in [-0.15, -0.1) is 0 Å². The third-order valence-corrected chi connectivity index (χ3v) is 4.48. The van der Waals surface area contributed by atoms with Gasteiger partial charge in [0.2, 0.25) is 0 Å². The van der Waals surface area contributed by atoms with E-state index >= 15 is 0 Å². The third kappa shape index (κ3) is 4.60. The van der Waals surface area contributed by atoms with Crippen molar-refractivity contribution in [3.8, 4) is 0 Å². The molecule has 4 heteroatoms. The molecule has 2 rings (SSSR count). The van der Waals surface area contributed by atoms with Crippen LogP contribution in [0.15, 0.2) is 32.6 Å². The van der Waals surface area contributed by atoms with Gasteiger partial charge in [0, 0.05) is 5.75 Å². The molecule has 0 saturated heterocycles. The molecule has 1 aromatic heterocycles. The Balaban J connectivity index is 1.91. The summed E-state index contributed by atoms with van der Waals surface area (Å²) in [6.45, 7) is 4.20. The Morgan fingerprint density at radius 1 is 1.14 bits per heavy atom. The van der Waals surface area contributed by atoms with Crippen LogP contribution >= 0.6 is 11.8 Å². The minimum Gasteiger partial charge on any atom is -0.397 e. The van der Waals surface area contributed by atoms with E-state index in [1.54, 1.807) is 17.8 Å². The topological polar surface area (TPSA) is 43.1 Å². The van der Waals surface area contributed by atoms with Crippen LogP contribution in [0.2, 0.25) is 0 Å². The van der Waals surface area contributed by atoms with Crippen molar-refractivity contribution in [3.05, 3.63) is 34.2 Å². The molecule has 0 bridgehead atoms. The molecular formula is C17H23NO2S. The predicted octanol–water partition coefficient (Wildman–Crippen LogP) is 4.95. The van der Waals surface area contributed by atoms with E-state index in [9.17, 15) is 4.79 Å². The molecule has 114 valence electrons. The van der Waals surface area contributed by atoms with Crippen molar-refractivity contribution in [3.63, 3.8) is 0 Å². The lowest BCUT2D eigenvalue weighted by atomic mass is 10.1. The van der Waals surface area contributed by atoms with E-state index in [1.807, 2.05) is 19.1 Å². The molecule has 21 heavy (non-hydrogen) atoms. The zero-order valence-electron chi connectivity index (χ0n) is 12.9. The fraction of sp³-hybridized carbons (Fsp3) is 0.529. The van der Waals surface area contributed by atoms with Crippen LogP contribution in [0, 0.1) is 6.92 Å². The number of unbranched alkanes of at least 4 members (excludes halogenated alkanes) is 5. The standard InChI is InChI=1S/C17H23NO2S/c1-3-4-5-6-7-8-12-21-17-18-15-13(2)10-9-11-14(15)16(19)20-17/h9-11H,3-8,12H2,1-2H3. The summed E-state index contributed by atoms with van der Waals surface area (Å²) in [5.41, 5.74) is 1.50. The van der Waals surface area contributed by atoms with Crippen molar-refractivity contribution in [2.45, 2.75) is 57.6 Å². The number of para-hydroxylation sites is 1. The number of aromatic nitrogens is 1. The second-order valence-electron chi connectivity index (χ2n) is 5.35. The molecule has 2 aromatic rings. The van der Waals surface area contributed by atoms with E-state index in [0.717, 1.165) is 23.3 Å². The maximum atomic E-state index is 11.9. The summed E-state index contributed by atoms with van der Waals surface area (Å²) in [6.07, 6.45) is 7.61. The highest BCUT2D eigenvalue weighted by Crippen LogP contribution is 2.20. The van der Waals surface area contributed by atoms with E-state index < -0.39 is 0 Å². The van der Waals surface area contributed by atoms with Gasteiger partial charge >= 0.3 is 5.63 Å². The van der Waals surface area contributed by atoms with E-state index in [-0.39, 0.29) is 5.63 Å². The van der Waals surface area contributed by atoms with E-state index in [1.165, 1.54) is 32.1 Å². The average Bonchev–Trinajstić information content (AvgIpc) is 2.47. The number of fused-ring (bicyclic) bond motifs is 1. The number of benzene rings is 1. The Morgan fingerprint density at radius 3 is 2.71 bits per heavy atom. The van der Waals surface area contributed by atoms with Crippen LogP contribution in [0.25, 0.3) is 10.9 Å². The van der Waals surface area contributed by atoms with Crippen LogP contribution in [0.1, 0.15) is 51.0 Å². The molecule has 0 fully saturated rings. The lowest BCUT2D eigenvalue weighted by molar-refractivity contribution is 0.401. The molecule has 0 saturated carbocycles. The summed E-state index contributed by atoms with van der Waals surface area (Å²) in [5, 5.41) is 1.06. The summed E-state index contributed by atoms with van der Waals surface area (Å²) in [5.74, 6) is 0.958. The van der Waals surface area contributed by atoms with E-state index in [4.69, 9.17) is 4.42 Å². The van der Waals surface area contributed by atoms with Crippen LogP contribution in [-0.4, -0.2) is 10.7 Å². The molecule has 0 N–H and O–H groups in total. The van der Waals surface area contributed by atoms with Gasteiger partial charge in [-0.3, -0.25) is 0 Å². The smallest absolute Gasteiger partial charge is 0.347 e. The molecular weight excluding hydrogens is 282 g/mol. The first-order valence-electron chi connectivity index (χ1n) is 7.75. The van der Waals surface area contributed by atoms with Gasteiger partial charge in [-0.2, -0.15) is 0 Å². The van der Waals surface area contributed by atoms with E-state index in [0.29, 0.717) is 10.6 Å². The molecule has 3 nitrogen and oxygen atoms in total. The van der Waals surface area contributed by atoms with Gasteiger partial charge in [0.25, 0.3) is 5.22 Å². The zero-order valence-corrected chi connectivity index (χ0v) is 13.7. The molecule has 0 unspecified atom stereocenters. The fourth-order valence-electron chi connectivity index (χ4n) is 2.32. The van der Waals surface area contributed by atoms with Crippen molar-refractivity contribution in [1.29, 1.82) is 0 Å². The van der Waals surface area contributed by atoms with Crippen molar-refractivity contribution in [1.82, 2.24) is 4.98 Å². The molecule has 0 radical (unpaired) electrons. The van der Waals surface area contributed by atoms with Gasteiger partial charge < -0.3 is 4.42 Å². The normalized spacial score (nSPS) is 11.1. The minimum absolute atomic E-state index is 0.283. The first kappa shape index (κ1) is 16.1. The van der Waals surface area contributed by atoms with Gasteiger partial charge in [-0.25, -0.2) is 9.78 Å². The Morgan fingerprint density at radius 2 is 1.90 bits per heavy atom. The lowest BCUT2D eigenvalue weighted by Gasteiger charge is -2.03. The van der Waals surface area contributed by atoms with Crippen LogP contribution in [0.5, 0.6) is 0 Å². The van der Waals surface area contributed by atoms with Gasteiger partial charge in [-0.1, -0.05) is 62.9 Å². The highest BCUT2D eigenvalue weighted by molar-refractivity contribution is 7.99. The second-order valence-corrected chi connectivity index (χ2v) is 6.40. The van der Waals surface area contributed by atoms with Crippen LogP contribution in [0.3, 0.4) is 0 Å². The zero-order chi connectivity index (χ0) is 15.1. The van der Waals surface area contributed by atoms with E-state index in [2.05, 4.69) is 11.9 Å². The number of rotatable bonds is 8. The SMILES string of the molecule is CCCCCCCCSc1nc2c(C)cccc2c(=O)o1. The molecule has 0 spiro atoms. The number of hydrogen-bond donors (Lipinski definition) is 0. The highest BCUT2D eigenvalue weighted by atomic mass is 32.2. The van der Waals surface area contributed by atoms with Gasteiger partial charge in [0.1, 0.15) is 0 Å². The first-order chi connectivity index (χ1) is 10.2. The lowest BCUT2D eigenvalue weighted by Crippen LogP contribution is -2.03. The summed E-state index contributed by atoms with van der Waals surface area (Å²) >= 11 is 1.54. The van der Waals surface area contributed by atoms with Crippen molar-refractivity contribution in [2.75, 3.05) is 5.75 Å². The Kier molecular flexibility index (Phi) is 6.30. The maximum absolute atomic E-state index is 11.9. The van der Waals surface area contributed by atoms with Crippen LogP contribution in [0.4, 0.5) is 0 Å². The Bertz CT molecular complexity index is 636. The van der Waals surface area contributed by atoms with Crippen molar-refractivity contribution < 1.29 is 4.42 Å². The number of nitrogens with zero attached hydrogens (tertiary/aromatic N) is 1. The molecule has 0 atom stereocenters. The highest BCUT2D eigenvalue weighted by Gasteiger charge is 2.08. The molecule has 0 amide bonds. The van der Waals surface area contributed by atoms with Gasteiger partial charge in [0.05, 0.1) is 10.9 Å². The monoisotopic (exact) mass is 305 g/mol. The molecule has 0 aliphatic heterocycles. The predicted molar refractivity (Wildman–Crippen MR) is 89.1 cm³/mol. The van der Waals surface area contributed by atoms with Crippen LogP contribution in [-0.2, 0) is 0 Å². The third-order valence-electron chi connectivity index (χ3n) is 3.56. The van der Waals surface area contributed by atoms with Crippen molar-refractivity contribution in [2.24, 2.45) is 0 Å². The Labute approximate surface area is 130 Å². The summed E-state index contributed by atoms with van der Waals surface area (Å²) in [7, 11) is 0. The largest absolute Gasteiger partial charge is 0.397 e. The van der Waals surface area contributed by atoms with Gasteiger partial charge in [-0.05, 0) is 25.0 Å².